The van der Waals surface area contributed by atoms with Gasteiger partial charge in [0.25, 0.3) is 12.0 Å². The van der Waals surface area contributed by atoms with Crippen molar-refractivity contribution in [3.05, 3.63) is 33.2 Å². The number of hydrogen-bond acceptors (Lipinski definition) is 3. The first kappa shape index (κ1) is 12.3. The van der Waals surface area contributed by atoms with Crippen LogP contribution in [0.3, 0.4) is 0 Å². The van der Waals surface area contributed by atoms with Gasteiger partial charge in [-0.05, 0) is 11.1 Å². The first-order valence-electron chi connectivity index (χ1n) is 4.40. The summed E-state index contributed by atoms with van der Waals surface area (Å²) < 4.78 is 25.1. The smallest absolute Gasteiger partial charge is 0.307 e. The second-order valence-corrected chi connectivity index (χ2v) is 3.11. The van der Waals surface area contributed by atoms with E-state index in [1.165, 1.54) is 0 Å². The number of H-pyrrole nitrogens is 1. The molecule has 0 aliphatic rings. The van der Waals surface area contributed by atoms with Gasteiger partial charge in [-0.3, -0.25) is 9.59 Å². The molecule has 0 unspecified atom stereocenters. The lowest BCUT2D eigenvalue weighted by Crippen LogP contribution is -2.21. The molecule has 0 radical (unpaired) electrons. The van der Waals surface area contributed by atoms with Gasteiger partial charge in [0.2, 0.25) is 0 Å². The molecular formula is C9H10F2N2O3. The lowest BCUT2D eigenvalue weighted by Gasteiger charge is -2.10. The van der Waals surface area contributed by atoms with E-state index in [4.69, 9.17) is 10.8 Å². The molecule has 0 aromatic carbocycles. The van der Waals surface area contributed by atoms with Crippen LogP contribution in [0.1, 0.15) is 23.1 Å². The topological polar surface area (TPSA) is 96.2 Å². The van der Waals surface area contributed by atoms with Gasteiger partial charge >= 0.3 is 5.97 Å². The number of nitrogens with two attached hydrogens (primary N) is 1. The molecule has 1 aromatic heterocycles. The van der Waals surface area contributed by atoms with Crippen molar-refractivity contribution in [3.63, 3.8) is 0 Å². The molecule has 88 valence electrons. The average molecular weight is 232 g/mol. The largest absolute Gasteiger partial charge is 0.481 e. The fourth-order valence-electron chi connectivity index (χ4n) is 1.42. The number of halogens is 2. The Morgan fingerprint density at radius 3 is 2.62 bits per heavy atom. The first-order chi connectivity index (χ1) is 7.47. The van der Waals surface area contributed by atoms with Gasteiger partial charge in [0.05, 0.1) is 12.0 Å². The highest BCUT2D eigenvalue weighted by atomic mass is 19.3. The Labute approximate surface area is 88.9 Å². The minimum Gasteiger partial charge on any atom is -0.481 e. The highest BCUT2D eigenvalue weighted by molar-refractivity contribution is 5.70. The van der Waals surface area contributed by atoms with Crippen molar-refractivity contribution in [2.24, 2.45) is 5.73 Å². The van der Waals surface area contributed by atoms with E-state index in [1.54, 1.807) is 0 Å². The Morgan fingerprint density at radius 1 is 1.56 bits per heavy atom. The normalized spacial score (nSPS) is 10.8. The minimum absolute atomic E-state index is 0.0962. The number of carboxylic acid groups (broad SMARTS) is 1. The number of nitrogens with one attached hydrogen (secondary N) is 1. The molecular weight excluding hydrogens is 222 g/mol. The van der Waals surface area contributed by atoms with Gasteiger partial charge in [-0.2, -0.15) is 0 Å². The molecule has 1 rings (SSSR count). The number of aromatic nitrogens is 1. The maximum atomic E-state index is 12.6. The predicted octanol–water partition coefficient (Wildman–Crippen LogP) is 0.398. The van der Waals surface area contributed by atoms with E-state index < -0.39 is 29.9 Å². The summed E-state index contributed by atoms with van der Waals surface area (Å²) >= 11 is 0. The minimum atomic E-state index is -2.98. The van der Waals surface area contributed by atoms with Crippen molar-refractivity contribution in [2.45, 2.75) is 19.4 Å². The van der Waals surface area contributed by atoms with E-state index in [9.17, 15) is 18.4 Å². The van der Waals surface area contributed by atoms with Crippen LogP contribution in [0.25, 0.3) is 0 Å². The van der Waals surface area contributed by atoms with E-state index in [0.717, 1.165) is 6.20 Å². The zero-order valence-corrected chi connectivity index (χ0v) is 8.17. The van der Waals surface area contributed by atoms with Crippen LogP contribution >= 0.6 is 0 Å². The highest BCUT2D eigenvalue weighted by Crippen LogP contribution is 2.21. The molecule has 1 aromatic rings. The van der Waals surface area contributed by atoms with Gasteiger partial charge in [0.1, 0.15) is 0 Å². The number of aliphatic carboxylic acids is 1. The molecule has 16 heavy (non-hydrogen) atoms. The van der Waals surface area contributed by atoms with E-state index in [1.807, 2.05) is 0 Å². The number of hydrogen-bond donors (Lipinski definition) is 3. The van der Waals surface area contributed by atoms with Crippen LogP contribution in [0.2, 0.25) is 0 Å². The summed E-state index contributed by atoms with van der Waals surface area (Å²) in [5, 5.41) is 8.57. The fraction of sp³-hybridized carbons (Fsp3) is 0.333. The van der Waals surface area contributed by atoms with Gasteiger partial charge in [0, 0.05) is 12.7 Å². The predicted molar refractivity (Wildman–Crippen MR) is 51.3 cm³/mol. The van der Waals surface area contributed by atoms with Gasteiger partial charge in [-0.25, -0.2) is 8.78 Å². The Kier molecular flexibility index (Phi) is 3.73. The summed E-state index contributed by atoms with van der Waals surface area (Å²) in [7, 11) is 0. The second-order valence-electron chi connectivity index (χ2n) is 3.11. The van der Waals surface area contributed by atoms with Crippen LogP contribution < -0.4 is 11.3 Å². The Bertz CT molecular complexity index is 457. The Hall–Kier alpha value is -1.76. The molecule has 4 N–H and O–H groups in total. The number of pyridine rings is 1. The standard InChI is InChI=1S/C9H10F2N2O3/c10-8(11)7-5(2-12)4(1-6(14)15)3-13-9(7)16/h3,8H,1-2,12H2,(H,13,16)(H,14,15). The Morgan fingerprint density at radius 2 is 2.19 bits per heavy atom. The van der Waals surface area contributed by atoms with Crippen LogP contribution in [0.4, 0.5) is 8.78 Å². The zero-order valence-electron chi connectivity index (χ0n) is 8.17. The van der Waals surface area contributed by atoms with Crippen molar-refractivity contribution in [3.8, 4) is 0 Å². The maximum absolute atomic E-state index is 12.6. The fourth-order valence-corrected chi connectivity index (χ4v) is 1.42. The monoisotopic (exact) mass is 232 g/mol. The van der Waals surface area contributed by atoms with E-state index >= 15 is 0 Å². The maximum Gasteiger partial charge on any atom is 0.307 e. The first-order valence-corrected chi connectivity index (χ1v) is 4.40. The van der Waals surface area contributed by atoms with E-state index in [2.05, 4.69) is 4.98 Å². The van der Waals surface area contributed by atoms with Gasteiger partial charge in [-0.1, -0.05) is 0 Å². The summed E-state index contributed by atoms with van der Waals surface area (Å²) in [5.41, 5.74) is 3.57. The van der Waals surface area contributed by atoms with Crippen LogP contribution in [0, 0.1) is 0 Å². The summed E-state index contributed by atoms with van der Waals surface area (Å²) in [5.74, 6) is -1.18. The van der Waals surface area contributed by atoms with Crippen molar-refractivity contribution in [1.29, 1.82) is 0 Å². The third kappa shape index (κ3) is 2.43. The van der Waals surface area contributed by atoms with Crippen molar-refractivity contribution >= 4 is 5.97 Å². The molecule has 0 saturated carbocycles. The van der Waals surface area contributed by atoms with Gasteiger partial charge in [-0.15, -0.1) is 0 Å². The number of carboxylic acids is 1. The van der Waals surface area contributed by atoms with Crippen LogP contribution in [-0.4, -0.2) is 16.1 Å². The van der Waals surface area contributed by atoms with Crippen molar-refractivity contribution in [2.75, 3.05) is 0 Å². The van der Waals surface area contributed by atoms with Gasteiger partial charge < -0.3 is 15.8 Å². The molecule has 5 nitrogen and oxygen atoms in total. The molecule has 0 aliphatic heterocycles. The summed E-state index contributed by atoms with van der Waals surface area (Å²) in [6.07, 6.45) is -2.33. The highest BCUT2D eigenvalue weighted by Gasteiger charge is 2.20. The lowest BCUT2D eigenvalue weighted by molar-refractivity contribution is -0.136. The SMILES string of the molecule is NCc1c(CC(=O)O)c[nH]c(=O)c1C(F)F. The van der Waals surface area contributed by atoms with Crippen molar-refractivity contribution < 1.29 is 18.7 Å². The molecule has 0 saturated heterocycles. The Balaban J connectivity index is 3.36. The van der Waals surface area contributed by atoms with Gasteiger partial charge in [0.15, 0.2) is 0 Å². The van der Waals surface area contributed by atoms with Crippen molar-refractivity contribution in [1.82, 2.24) is 4.98 Å². The number of carbonyl (C=O) groups is 1. The van der Waals surface area contributed by atoms with Crippen LogP contribution in [0.15, 0.2) is 11.0 Å². The second kappa shape index (κ2) is 4.84. The quantitative estimate of drug-likeness (QED) is 0.700. The number of alkyl halides is 2. The van der Waals surface area contributed by atoms with E-state index in [-0.39, 0.29) is 17.7 Å². The third-order valence-corrected chi connectivity index (χ3v) is 2.10. The molecule has 0 amide bonds. The number of aromatic amines is 1. The van der Waals surface area contributed by atoms with E-state index in [0.29, 0.717) is 0 Å². The summed E-state index contributed by atoms with van der Waals surface area (Å²) in [4.78, 5) is 23.7. The summed E-state index contributed by atoms with van der Waals surface area (Å²) in [6, 6.07) is 0. The molecule has 0 bridgehead atoms. The third-order valence-electron chi connectivity index (χ3n) is 2.10. The average Bonchev–Trinajstić information content (AvgIpc) is 2.18. The molecule has 0 atom stereocenters. The lowest BCUT2D eigenvalue weighted by atomic mass is 10.0. The molecule has 0 fully saturated rings. The zero-order chi connectivity index (χ0) is 12.3. The molecule has 0 aliphatic carbocycles. The molecule has 0 spiro atoms. The summed E-state index contributed by atoms with van der Waals surface area (Å²) in [6.45, 7) is -0.299. The molecule has 7 heteroatoms. The molecule has 1 heterocycles. The van der Waals surface area contributed by atoms with Crippen LogP contribution in [0.5, 0.6) is 0 Å². The number of rotatable bonds is 4. The van der Waals surface area contributed by atoms with Crippen LogP contribution in [-0.2, 0) is 17.8 Å².